The van der Waals surface area contributed by atoms with E-state index in [9.17, 15) is 19.7 Å². The maximum absolute atomic E-state index is 11.7. The van der Waals surface area contributed by atoms with Crippen LogP contribution in [-0.4, -0.2) is 34.3 Å². The van der Waals surface area contributed by atoms with Crippen molar-refractivity contribution in [2.75, 3.05) is 7.11 Å². The summed E-state index contributed by atoms with van der Waals surface area (Å²) in [6.07, 6.45) is 3.46. The molecule has 3 aromatic carbocycles. The predicted molar refractivity (Wildman–Crippen MR) is 137 cm³/mol. The number of fused-ring (bicyclic) bond motifs is 3. The van der Waals surface area contributed by atoms with E-state index in [1.165, 1.54) is 20.1 Å². The number of allylic oxidation sites excluding steroid dienone is 1. The molecule has 0 unspecified atom stereocenters. The number of oxime groups is 1. The Kier molecular flexibility index (Phi) is 6.91. The molecule has 4 aromatic rings. The largest absolute Gasteiger partial charge is 0.465 e. The second-order valence-corrected chi connectivity index (χ2v) is 7.94. The van der Waals surface area contributed by atoms with E-state index in [0.717, 1.165) is 27.4 Å². The molecular weight excluding hydrogens is 462 g/mol. The summed E-state index contributed by atoms with van der Waals surface area (Å²) in [4.78, 5) is 39.0. The second-order valence-electron chi connectivity index (χ2n) is 7.94. The highest BCUT2D eigenvalue weighted by Crippen LogP contribution is 2.32. The minimum Gasteiger partial charge on any atom is -0.465 e. The summed E-state index contributed by atoms with van der Waals surface area (Å²) in [5.74, 6) is -0.995. The average Bonchev–Trinajstić information content (AvgIpc) is 3.20. The van der Waals surface area contributed by atoms with E-state index in [1.807, 2.05) is 25.1 Å². The second kappa shape index (κ2) is 10.2. The van der Waals surface area contributed by atoms with Crippen molar-refractivity contribution in [2.24, 2.45) is 5.16 Å². The van der Waals surface area contributed by atoms with Gasteiger partial charge in [0.2, 0.25) is 0 Å². The predicted octanol–water partition coefficient (Wildman–Crippen LogP) is 5.49. The fraction of sp³-hybridized carbons (Fsp3) is 0.148. The zero-order valence-electron chi connectivity index (χ0n) is 19.9. The standard InChI is InChI=1S/C27H23N3O6/c1-4-29-25-13-10-20(15-22(25)23-16-21(30(33)34)11-14-26(23)29)24(28-36-17(2)31)12-7-18-5-8-19(9-6-18)27(32)35-3/h5-16H,4H2,1-3H3/b12-7+,28-24+. The molecule has 0 amide bonds. The van der Waals surface area contributed by atoms with Crippen LogP contribution in [0.5, 0.6) is 0 Å². The summed E-state index contributed by atoms with van der Waals surface area (Å²) >= 11 is 0. The van der Waals surface area contributed by atoms with Gasteiger partial charge in [0.15, 0.2) is 0 Å². The fourth-order valence-corrected chi connectivity index (χ4v) is 4.02. The number of methoxy groups -OCH3 is 1. The number of benzene rings is 3. The van der Waals surface area contributed by atoms with E-state index < -0.39 is 16.9 Å². The summed E-state index contributed by atoms with van der Waals surface area (Å²) in [7, 11) is 1.32. The van der Waals surface area contributed by atoms with Crippen LogP contribution < -0.4 is 0 Å². The molecule has 0 N–H and O–H groups in total. The maximum atomic E-state index is 11.7. The Bertz CT molecular complexity index is 1550. The van der Waals surface area contributed by atoms with Gasteiger partial charge in [-0.15, -0.1) is 0 Å². The quantitative estimate of drug-likeness (QED) is 0.112. The molecule has 0 radical (unpaired) electrons. The van der Waals surface area contributed by atoms with Crippen LogP contribution in [0.15, 0.2) is 71.9 Å². The number of aromatic nitrogens is 1. The zero-order chi connectivity index (χ0) is 25.8. The number of esters is 1. The summed E-state index contributed by atoms with van der Waals surface area (Å²) < 4.78 is 6.80. The molecule has 0 spiro atoms. The van der Waals surface area contributed by atoms with Gasteiger partial charge in [0.05, 0.1) is 17.6 Å². The van der Waals surface area contributed by atoms with Crippen molar-refractivity contribution in [1.82, 2.24) is 4.57 Å². The summed E-state index contributed by atoms with van der Waals surface area (Å²) in [6.45, 7) is 3.95. The molecule has 0 atom stereocenters. The van der Waals surface area contributed by atoms with Crippen LogP contribution in [0.25, 0.3) is 27.9 Å². The van der Waals surface area contributed by atoms with Gasteiger partial charge in [-0.2, -0.15) is 0 Å². The fourth-order valence-electron chi connectivity index (χ4n) is 4.02. The molecular formula is C27H23N3O6. The Morgan fingerprint density at radius 1 is 1.00 bits per heavy atom. The number of nitro groups is 1. The van der Waals surface area contributed by atoms with E-state index in [4.69, 9.17) is 9.57 Å². The third-order valence-corrected chi connectivity index (χ3v) is 5.71. The Balaban J connectivity index is 1.80. The van der Waals surface area contributed by atoms with Gasteiger partial charge in [0.25, 0.3) is 5.69 Å². The maximum Gasteiger partial charge on any atom is 0.337 e. The van der Waals surface area contributed by atoms with E-state index in [0.29, 0.717) is 23.4 Å². The number of rotatable bonds is 7. The van der Waals surface area contributed by atoms with Crippen LogP contribution in [0.4, 0.5) is 5.69 Å². The van der Waals surface area contributed by atoms with Gasteiger partial charge in [-0.3, -0.25) is 10.1 Å². The van der Waals surface area contributed by atoms with Gasteiger partial charge >= 0.3 is 11.9 Å². The van der Waals surface area contributed by atoms with E-state index in [-0.39, 0.29) is 5.69 Å². The van der Waals surface area contributed by atoms with Crippen molar-refractivity contribution in [3.63, 3.8) is 0 Å². The number of carbonyl (C=O) groups is 2. The van der Waals surface area contributed by atoms with Crippen molar-refractivity contribution in [1.29, 1.82) is 0 Å². The van der Waals surface area contributed by atoms with Crippen molar-refractivity contribution in [3.05, 3.63) is 93.5 Å². The summed E-state index contributed by atoms with van der Waals surface area (Å²) in [5, 5.41) is 17.0. The molecule has 4 rings (SSSR count). The molecule has 0 saturated heterocycles. The molecule has 0 aliphatic heterocycles. The Morgan fingerprint density at radius 3 is 2.25 bits per heavy atom. The monoisotopic (exact) mass is 485 g/mol. The summed E-state index contributed by atoms with van der Waals surface area (Å²) in [5.41, 5.74) is 4.07. The van der Waals surface area contributed by atoms with Crippen LogP contribution in [-0.2, 0) is 20.9 Å². The van der Waals surface area contributed by atoms with Crippen molar-refractivity contribution in [2.45, 2.75) is 20.4 Å². The lowest BCUT2D eigenvalue weighted by Gasteiger charge is -2.05. The number of aryl methyl sites for hydroxylation is 1. The lowest BCUT2D eigenvalue weighted by molar-refractivity contribution is -0.384. The number of nitrogens with zero attached hydrogens (tertiary/aromatic N) is 3. The van der Waals surface area contributed by atoms with Crippen LogP contribution in [0, 0.1) is 10.1 Å². The molecule has 36 heavy (non-hydrogen) atoms. The van der Waals surface area contributed by atoms with Crippen molar-refractivity contribution >= 4 is 51.2 Å². The molecule has 0 bridgehead atoms. The van der Waals surface area contributed by atoms with Crippen LogP contribution >= 0.6 is 0 Å². The molecule has 1 aromatic heterocycles. The smallest absolute Gasteiger partial charge is 0.337 e. The molecule has 9 heteroatoms. The van der Waals surface area contributed by atoms with E-state index >= 15 is 0 Å². The minimum absolute atomic E-state index is 0.00663. The lowest BCUT2D eigenvalue weighted by atomic mass is 10.0. The van der Waals surface area contributed by atoms with Crippen LogP contribution in [0.3, 0.4) is 0 Å². The van der Waals surface area contributed by atoms with Gasteiger partial charge in [0, 0.05) is 53.0 Å². The first-order valence-electron chi connectivity index (χ1n) is 11.1. The highest BCUT2D eigenvalue weighted by molar-refractivity contribution is 6.15. The SMILES string of the molecule is CCn1c2ccc(C(/C=C/c3ccc(C(=O)OC)cc3)=N/OC(C)=O)cc2c2cc([N+](=O)[O-])ccc21. The molecule has 182 valence electrons. The summed E-state index contributed by atoms with van der Waals surface area (Å²) in [6, 6.07) is 17.3. The number of hydrogen-bond acceptors (Lipinski definition) is 7. The highest BCUT2D eigenvalue weighted by atomic mass is 16.7. The Morgan fingerprint density at radius 2 is 1.64 bits per heavy atom. The number of hydrogen-bond donors (Lipinski definition) is 0. The molecule has 0 aliphatic rings. The van der Waals surface area contributed by atoms with Gasteiger partial charge in [-0.25, -0.2) is 9.59 Å². The first kappa shape index (κ1) is 24.3. The van der Waals surface area contributed by atoms with Crippen molar-refractivity contribution in [3.8, 4) is 0 Å². The number of carbonyl (C=O) groups excluding carboxylic acids is 2. The van der Waals surface area contributed by atoms with E-state index in [2.05, 4.69) is 9.72 Å². The molecule has 1 heterocycles. The molecule has 0 aliphatic carbocycles. The average molecular weight is 485 g/mol. The first-order chi connectivity index (χ1) is 17.3. The highest BCUT2D eigenvalue weighted by Gasteiger charge is 2.15. The van der Waals surface area contributed by atoms with Gasteiger partial charge in [-0.05, 0) is 48.9 Å². The first-order valence-corrected chi connectivity index (χ1v) is 11.1. The van der Waals surface area contributed by atoms with Crippen LogP contribution in [0.2, 0.25) is 0 Å². The topological polar surface area (TPSA) is 113 Å². The lowest BCUT2D eigenvalue weighted by Crippen LogP contribution is -2.02. The molecule has 9 nitrogen and oxygen atoms in total. The zero-order valence-corrected chi connectivity index (χ0v) is 19.9. The minimum atomic E-state index is -0.567. The normalized spacial score (nSPS) is 11.8. The Labute approximate surface area is 206 Å². The number of ether oxygens (including phenoxy) is 1. The van der Waals surface area contributed by atoms with Crippen molar-refractivity contribution < 1.29 is 24.1 Å². The third kappa shape index (κ3) is 4.85. The molecule has 0 saturated carbocycles. The number of nitro benzene ring substituents is 1. The van der Waals surface area contributed by atoms with Gasteiger partial charge < -0.3 is 14.1 Å². The Hall–Kier alpha value is -4.79. The van der Waals surface area contributed by atoms with Gasteiger partial charge in [0.1, 0.15) is 5.71 Å². The number of non-ortho nitro benzene ring substituents is 1. The van der Waals surface area contributed by atoms with Crippen LogP contribution in [0.1, 0.15) is 35.3 Å². The van der Waals surface area contributed by atoms with Gasteiger partial charge in [-0.1, -0.05) is 29.4 Å². The molecule has 0 fully saturated rings. The third-order valence-electron chi connectivity index (χ3n) is 5.71. The van der Waals surface area contributed by atoms with E-state index in [1.54, 1.807) is 48.6 Å².